The fourth-order valence-corrected chi connectivity index (χ4v) is 3.54. The lowest BCUT2D eigenvalue weighted by molar-refractivity contribution is -0.117. The van der Waals surface area contributed by atoms with Crippen molar-refractivity contribution in [1.29, 1.82) is 0 Å². The lowest BCUT2D eigenvalue weighted by Gasteiger charge is -2.34. The minimum atomic E-state index is -0.0795. The summed E-state index contributed by atoms with van der Waals surface area (Å²) in [5, 5.41) is 3.87. The zero-order chi connectivity index (χ0) is 19.9. The van der Waals surface area contributed by atoms with E-state index in [1.807, 2.05) is 19.1 Å². The van der Waals surface area contributed by atoms with Gasteiger partial charge in [0.1, 0.15) is 5.75 Å². The molecule has 2 aromatic rings. The predicted octanol–water partition coefficient (Wildman–Crippen LogP) is 4.15. The van der Waals surface area contributed by atoms with Crippen LogP contribution in [0, 0.1) is 0 Å². The second-order valence-corrected chi connectivity index (χ2v) is 7.65. The molecule has 0 radical (unpaired) electrons. The van der Waals surface area contributed by atoms with Gasteiger partial charge in [-0.15, -0.1) is 0 Å². The van der Waals surface area contributed by atoms with Crippen molar-refractivity contribution < 1.29 is 9.53 Å². The fraction of sp³-hybridized carbons (Fsp3) is 0.381. The van der Waals surface area contributed by atoms with Crippen LogP contribution in [0.15, 0.2) is 42.5 Å². The third-order valence-corrected chi connectivity index (χ3v) is 5.24. The minimum Gasteiger partial charge on any atom is -0.494 e. The van der Waals surface area contributed by atoms with Gasteiger partial charge in [0, 0.05) is 37.7 Å². The summed E-state index contributed by atoms with van der Waals surface area (Å²) in [6.07, 6.45) is 0. The second kappa shape index (κ2) is 10.1. The van der Waals surface area contributed by atoms with Crippen molar-refractivity contribution in [2.45, 2.75) is 13.5 Å². The maximum absolute atomic E-state index is 12.3. The van der Waals surface area contributed by atoms with Crippen molar-refractivity contribution in [3.8, 4) is 5.75 Å². The summed E-state index contributed by atoms with van der Waals surface area (Å²) in [5.74, 6) is 0.825. The molecule has 1 saturated heterocycles. The molecule has 28 heavy (non-hydrogen) atoms. The van der Waals surface area contributed by atoms with Crippen LogP contribution in [0.25, 0.3) is 0 Å². The van der Waals surface area contributed by atoms with Crippen LogP contribution in [-0.4, -0.2) is 55.0 Å². The number of hydrogen-bond donors (Lipinski definition) is 1. The number of anilines is 1. The van der Waals surface area contributed by atoms with Crippen molar-refractivity contribution in [3.63, 3.8) is 0 Å². The van der Waals surface area contributed by atoms with Crippen molar-refractivity contribution in [1.82, 2.24) is 9.80 Å². The minimum absolute atomic E-state index is 0.0795. The van der Waals surface area contributed by atoms with Gasteiger partial charge in [-0.05, 0) is 42.8 Å². The lowest BCUT2D eigenvalue weighted by atomic mass is 10.2. The van der Waals surface area contributed by atoms with Crippen LogP contribution < -0.4 is 10.1 Å². The Hall–Kier alpha value is -1.79. The van der Waals surface area contributed by atoms with Gasteiger partial charge in [-0.25, -0.2) is 0 Å². The number of rotatable bonds is 7. The fourth-order valence-electron chi connectivity index (χ4n) is 3.21. The molecule has 1 fully saturated rings. The van der Waals surface area contributed by atoms with E-state index in [1.54, 1.807) is 18.2 Å². The molecule has 7 heteroatoms. The van der Waals surface area contributed by atoms with E-state index in [9.17, 15) is 4.79 Å². The maximum Gasteiger partial charge on any atom is 0.238 e. The topological polar surface area (TPSA) is 44.8 Å². The summed E-state index contributed by atoms with van der Waals surface area (Å²) >= 11 is 12.1. The Balaban J connectivity index is 1.43. The van der Waals surface area contributed by atoms with Crippen molar-refractivity contribution in [2.75, 3.05) is 44.6 Å². The van der Waals surface area contributed by atoms with E-state index in [4.69, 9.17) is 27.9 Å². The van der Waals surface area contributed by atoms with E-state index in [0.29, 0.717) is 28.9 Å². The average molecular weight is 422 g/mol. The highest BCUT2D eigenvalue weighted by Gasteiger charge is 2.19. The van der Waals surface area contributed by atoms with Crippen LogP contribution in [-0.2, 0) is 11.3 Å². The molecule has 1 aliphatic rings. The summed E-state index contributed by atoms with van der Waals surface area (Å²) in [7, 11) is 0. The first-order valence-corrected chi connectivity index (χ1v) is 10.2. The van der Waals surface area contributed by atoms with E-state index >= 15 is 0 Å². The number of hydrogen-bond acceptors (Lipinski definition) is 4. The van der Waals surface area contributed by atoms with Crippen LogP contribution in [0.2, 0.25) is 10.0 Å². The third kappa shape index (κ3) is 6.11. The summed E-state index contributed by atoms with van der Waals surface area (Å²) in [6.45, 7) is 7.48. The Morgan fingerprint density at radius 3 is 2.39 bits per heavy atom. The molecular weight excluding hydrogens is 397 g/mol. The smallest absolute Gasteiger partial charge is 0.238 e. The first kappa shape index (κ1) is 20.9. The van der Waals surface area contributed by atoms with E-state index in [0.717, 1.165) is 38.5 Å². The summed E-state index contributed by atoms with van der Waals surface area (Å²) < 4.78 is 5.48. The Bertz CT molecular complexity index is 791. The van der Waals surface area contributed by atoms with E-state index in [2.05, 4.69) is 27.2 Å². The van der Waals surface area contributed by atoms with Gasteiger partial charge >= 0.3 is 0 Å². The van der Waals surface area contributed by atoms with Gasteiger partial charge in [0.2, 0.25) is 5.91 Å². The number of piperazine rings is 1. The normalized spacial score (nSPS) is 15.4. The number of halogens is 2. The Morgan fingerprint density at radius 2 is 1.71 bits per heavy atom. The molecule has 150 valence electrons. The standard InChI is InChI=1S/C21H25Cl2N3O2/c1-2-28-18-6-3-16(4-7-18)14-25-9-11-26(12-10-25)15-21(27)24-20-13-17(22)5-8-19(20)23/h3-8,13H,2,9-12,14-15H2,1H3,(H,24,27). The molecule has 1 aliphatic heterocycles. The lowest BCUT2D eigenvalue weighted by Crippen LogP contribution is -2.48. The highest BCUT2D eigenvalue weighted by atomic mass is 35.5. The molecule has 5 nitrogen and oxygen atoms in total. The van der Waals surface area contributed by atoms with Gasteiger partial charge < -0.3 is 10.1 Å². The first-order chi connectivity index (χ1) is 13.5. The van der Waals surface area contributed by atoms with E-state index in [1.165, 1.54) is 5.56 Å². The number of ether oxygens (including phenoxy) is 1. The number of nitrogens with one attached hydrogen (secondary N) is 1. The molecule has 1 amide bonds. The molecule has 2 aromatic carbocycles. The zero-order valence-corrected chi connectivity index (χ0v) is 17.5. The first-order valence-electron chi connectivity index (χ1n) is 9.45. The maximum atomic E-state index is 12.3. The van der Waals surface area contributed by atoms with E-state index in [-0.39, 0.29) is 5.91 Å². The molecule has 0 unspecified atom stereocenters. The van der Waals surface area contributed by atoms with Crippen molar-refractivity contribution in [2.24, 2.45) is 0 Å². The van der Waals surface area contributed by atoms with Crippen LogP contribution in [0.4, 0.5) is 5.69 Å². The van der Waals surface area contributed by atoms with Crippen LogP contribution >= 0.6 is 23.2 Å². The highest BCUT2D eigenvalue weighted by molar-refractivity contribution is 6.35. The van der Waals surface area contributed by atoms with Crippen LogP contribution in [0.1, 0.15) is 12.5 Å². The van der Waals surface area contributed by atoms with Crippen LogP contribution in [0.5, 0.6) is 5.75 Å². The summed E-state index contributed by atoms with van der Waals surface area (Å²) in [4.78, 5) is 16.9. The highest BCUT2D eigenvalue weighted by Crippen LogP contribution is 2.25. The van der Waals surface area contributed by atoms with Gasteiger partial charge in [0.05, 0.1) is 23.9 Å². The summed E-state index contributed by atoms with van der Waals surface area (Å²) in [5.41, 5.74) is 1.82. The molecule has 0 atom stereocenters. The van der Waals surface area contributed by atoms with Gasteiger partial charge in [-0.2, -0.15) is 0 Å². The Kier molecular flexibility index (Phi) is 7.57. The monoisotopic (exact) mass is 421 g/mol. The molecule has 1 N–H and O–H groups in total. The largest absolute Gasteiger partial charge is 0.494 e. The Labute approximate surface area is 176 Å². The van der Waals surface area contributed by atoms with Gasteiger partial charge in [-0.3, -0.25) is 14.6 Å². The SMILES string of the molecule is CCOc1ccc(CN2CCN(CC(=O)Nc3cc(Cl)ccc3Cl)CC2)cc1. The quantitative estimate of drug-likeness (QED) is 0.728. The van der Waals surface area contributed by atoms with Crippen molar-refractivity contribution in [3.05, 3.63) is 58.1 Å². The molecule has 0 bridgehead atoms. The molecule has 0 spiro atoms. The zero-order valence-electron chi connectivity index (χ0n) is 16.0. The van der Waals surface area contributed by atoms with Gasteiger partial charge in [0.15, 0.2) is 0 Å². The Morgan fingerprint density at radius 1 is 1.04 bits per heavy atom. The molecule has 0 aromatic heterocycles. The predicted molar refractivity (Wildman–Crippen MR) is 114 cm³/mol. The number of amides is 1. The van der Waals surface area contributed by atoms with Crippen molar-refractivity contribution >= 4 is 34.8 Å². The molecule has 0 saturated carbocycles. The van der Waals surface area contributed by atoms with E-state index < -0.39 is 0 Å². The molecular formula is C21H25Cl2N3O2. The summed E-state index contributed by atoms with van der Waals surface area (Å²) in [6, 6.07) is 13.3. The molecule has 0 aliphatic carbocycles. The van der Waals surface area contributed by atoms with Gasteiger partial charge in [-0.1, -0.05) is 35.3 Å². The van der Waals surface area contributed by atoms with Crippen LogP contribution in [0.3, 0.4) is 0 Å². The number of carbonyl (C=O) groups excluding carboxylic acids is 1. The second-order valence-electron chi connectivity index (χ2n) is 6.80. The number of carbonyl (C=O) groups is 1. The molecule has 3 rings (SSSR count). The third-order valence-electron chi connectivity index (χ3n) is 4.68. The average Bonchev–Trinajstić information content (AvgIpc) is 2.68. The number of nitrogens with zero attached hydrogens (tertiary/aromatic N) is 2. The van der Waals surface area contributed by atoms with Gasteiger partial charge in [0.25, 0.3) is 0 Å². The number of benzene rings is 2. The molecule has 1 heterocycles.